The minimum absolute atomic E-state index is 0.0348. The zero-order chi connectivity index (χ0) is 16.1. The van der Waals surface area contributed by atoms with E-state index < -0.39 is 0 Å². The lowest BCUT2D eigenvalue weighted by atomic mass is 9.87. The number of benzene rings is 1. The molecule has 1 saturated carbocycles. The molecule has 0 radical (unpaired) electrons. The van der Waals surface area contributed by atoms with Crippen molar-refractivity contribution in [2.75, 3.05) is 18.0 Å². The van der Waals surface area contributed by atoms with Crippen LogP contribution in [0.5, 0.6) is 0 Å². The van der Waals surface area contributed by atoms with Gasteiger partial charge in [0, 0.05) is 25.2 Å². The molecule has 0 bridgehead atoms. The Balaban J connectivity index is 1.46. The quantitative estimate of drug-likeness (QED) is 0.908. The number of nitrogens with zero attached hydrogens (tertiary/aromatic N) is 1. The fourth-order valence-electron chi connectivity index (χ4n) is 3.76. The van der Waals surface area contributed by atoms with Gasteiger partial charge in [-0.25, -0.2) is 0 Å². The number of para-hydroxylation sites is 1. The largest absolute Gasteiger partial charge is 0.356 e. The van der Waals surface area contributed by atoms with Crippen molar-refractivity contribution >= 4 is 17.5 Å². The molecule has 1 aliphatic carbocycles. The summed E-state index contributed by atoms with van der Waals surface area (Å²) in [4.78, 5) is 26.2. The molecule has 0 aromatic heterocycles. The normalized spacial score (nSPS) is 22.3. The Kier molecular flexibility index (Phi) is 5.31. The van der Waals surface area contributed by atoms with Gasteiger partial charge < -0.3 is 10.2 Å². The molecule has 1 aliphatic heterocycles. The van der Waals surface area contributed by atoms with Crippen LogP contribution in [0.4, 0.5) is 5.69 Å². The van der Waals surface area contributed by atoms with Gasteiger partial charge >= 0.3 is 0 Å². The Hall–Kier alpha value is -1.84. The van der Waals surface area contributed by atoms with Gasteiger partial charge in [0.25, 0.3) is 0 Å². The van der Waals surface area contributed by atoms with Crippen molar-refractivity contribution in [2.24, 2.45) is 11.8 Å². The Morgan fingerprint density at radius 1 is 1.13 bits per heavy atom. The Morgan fingerprint density at radius 3 is 2.61 bits per heavy atom. The van der Waals surface area contributed by atoms with E-state index in [1.807, 2.05) is 30.3 Å². The highest BCUT2D eigenvalue weighted by atomic mass is 16.2. The van der Waals surface area contributed by atoms with Crippen LogP contribution in [-0.2, 0) is 9.59 Å². The maximum atomic E-state index is 12.3. The van der Waals surface area contributed by atoms with E-state index in [1.54, 1.807) is 4.90 Å². The highest BCUT2D eigenvalue weighted by molar-refractivity contribution is 6.00. The first kappa shape index (κ1) is 16.0. The molecule has 1 atom stereocenters. The van der Waals surface area contributed by atoms with E-state index in [4.69, 9.17) is 0 Å². The van der Waals surface area contributed by atoms with Crippen molar-refractivity contribution in [1.82, 2.24) is 5.32 Å². The minimum atomic E-state index is -0.214. The molecule has 2 aliphatic rings. The summed E-state index contributed by atoms with van der Waals surface area (Å²) in [5.41, 5.74) is 0.884. The molecule has 1 aromatic carbocycles. The lowest BCUT2D eigenvalue weighted by molar-refractivity contribution is -0.126. The first-order valence-corrected chi connectivity index (χ1v) is 8.87. The van der Waals surface area contributed by atoms with E-state index in [2.05, 4.69) is 5.32 Å². The van der Waals surface area contributed by atoms with Gasteiger partial charge in [0.1, 0.15) is 0 Å². The Bertz CT molecular complexity index is 538. The number of hydrogen-bond donors (Lipinski definition) is 1. The summed E-state index contributed by atoms with van der Waals surface area (Å²) in [5.74, 6) is 0.639. The van der Waals surface area contributed by atoms with Crippen molar-refractivity contribution in [1.29, 1.82) is 0 Å². The number of rotatable bonds is 5. The number of carbonyl (C=O) groups is 2. The second-order valence-electron chi connectivity index (χ2n) is 6.82. The average molecular weight is 314 g/mol. The fourth-order valence-corrected chi connectivity index (χ4v) is 3.76. The molecule has 1 unspecified atom stereocenters. The first-order valence-electron chi connectivity index (χ1n) is 8.87. The van der Waals surface area contributed by atoms with E-state index in [0.717, 1.165) is 24.6 Å². The van der Waals surface area contributed by atoms with Gasteiger partial charge in [-0.3, -0.25) is 9.59 Å². The Morgan fingerprint density at radius 2 is 1.87 bits per heavy atom. The van der Waals surface area contributed by atoms with Gasteiger partial charge in [0.15, 0.2) is 0 Å². The summed E-state index contributed by atoms with van der Waals surface area (Å²) >= 11 is 0. The monoisotopic (exact) mass is 314 g/mol. The van der Waals surface area contributed by atoms with Crippen molar-refractivity contribution in [2.45, 2.75) is 44.9 Å². The predicted molar refractivity (Wildman–Crippen MR) is 91.1 cm³/mol. The highest BCUT2D eigenvalue weighted by Crippen LogP contribution is 2.27. The summed E-state index contributed by atoms with van der Waals surface area (Å²) in [6.07, 6.45) is 8.05. The second kappa shape index (κ2) is 7.62. The van der Waals surface area contributed by atoms with Crippen LogP contribution >= 0.6 is 0 Å². The van der Waals surface area contributed by atoms with Crippen LogP contribution in [0.15, 0.2) is 30.3 Å². The predicted octanol–water partition coefficient (Wildman–Crippen LogP) is 3.13. The van der Waals surface area contributed by atoms with Crippen LogP contribution in [-0.4, -0.2) is 24.9 Å². The zero-order valence-electron chi connectivity index (χ0n) is 13.7. The number of carbonyl (C=O) groups excluding carboxylic acids is 2. The van der Waals surface area contributed by atoms with E-state index in [0.29, 0.717) is 13.0 Å². The van der Waals surface area contributed by atoms with Gasteiger partial charge in [-0.1, -0.05) is 50.3 Å². The van der Waals surface area contributed by atoms with Gasteiger partial charge in [-0.05, 0) is 24.5 Å². The van der Waals surface area contributed by atoms with Gasteiger partial charge in [0.05, 0.1) is 5.92 Å². The average Bonchev–Trinajstić information content (AvgIpc) is 2.98. The smallest absolute Gasteiger partial charge is 0.227 e. The molecule has 4 nitrogen and oxygen atoms in total. The molecular weight excluding hydrogens is 288 g/mol. The third-order valence-corrected chi connectivity index (χ3v) is 5.14. The van der Waals surface area contributed by atoms with Crippen molar-refractivity contribution < 1.29 is 9.59 Å². The molecule has 1 saturated heterocycles. The number of hydrogen-bond acceptors (Lipinski definition) is 2. The fraction of sp³-hybridized carbons (Fsp3) is 0.579. The summed E-state index contributed by atoms with van der Waals surface area (Å²) in [6, 6.07) is 9.60. The maximum Gasteiger partial charge on any atom is 0.227 e. The number of nitrogens with one attached hydrogen (secondary N) is 1. The van der Waals surface area contributed by atoms with Gasteiger partial charge in [0.2, 0.25) is 11.8 Å². The van der Waals surface area contributed by atoms with Crippen molar-refractivity contribution in [3.63, 3.8) is 0 Å². The standard InChI is InChI=1S/C19H26N2O2/c22-18-13-16(14-21(18)17-9-5-2-6-10-17)19(23)20-12-11-15-7-3-1-4-8-15/h2,5-6,9-10,15-16H,1,3-4,7-8,11-14H2,(H,20,23). The van der Waals surface area contributed by atoms with Crippen molar-refractivity contribution in [3.8, 4) is 0 Å². The molecule has 4 heteroatoms. The summed E-state index contributed by atoms with van der Waals surface area (Å²) in [7, 11) is 0. The molecule has 3 rings (SSSR count). The lowest BCUT2D eigenvalue weighted by Gasteiger charge is -2.21. The maximum absolute atomic E-state index is 12.3. The van der Waals surface area contributed by atoms with Crippen LogP contribution < -0.4 is 10.2 Å². The molecule has 23 heavy (non-hydrogen) atoms. The van der Waals surface area contributed by atoms with Crippen molar-refractivity contribution in [3.05, 3.63) is 30.3 Å². The molecule has 2 fully saturated rings. The molecular formula is C19H26N2O2. The Labute approximate surface area is 138 Å². The highest BCUT2D eigenvalue weighted by Gasteiger charge is 2.34. The summed E-state index contributed by atoms with van der Waals surface area (Å²) in [6.45, 7) is 1.25. The first-order chi connectivity index (χ1) is 11.2. The lowest BCUT2D eigenvalue weighted by Crippen LogP contribution is -2.34. The third-order valence-electron chi connectivity index (χ3n) is 5.14. The van der Waals surface area contributed by atoms with E-state index in [-0.39, 0.29) is 17.7 Å². The van der Waals surface area contributed by atoms with E-state index >= 15 is 0 Å². The van der Waals surface area contributed by atoms with Crippen LogP contribution in [0.2, 0.25) is 0 Å². The molecule has 1 heterocycles. The molecule has 1 N–H and O–H groups in total. The van der Waals surface area contributed by atoms with E-state index in [1.165, 1.54) is 32.1 Å². The molecule has 2 amide bonds. The summed E-state index contributed by atoms with van der Waals surface area (Å²) in [5, 5.41) is 3.05. The molecule has 124 valence electrons. The molecule has 0 spiro atoms. The second-order valence-corrected chi connectivity index (χ2v) is 6.82. The summed E-state index contributed by atoms with van der Waals surface area (Å²) < 4.78 is 0. The zero-order valence-corrected chi connectivity index (χ0v) is 13.7. The third kappa shape index (κ3) is 4.12. The topological polar surface area (TPSA) is 49.4 Å². The minimum Gasteiger partial charge on any atom is -0.356 e. The van der Waals surface area contributed by atoms with Crippen LogP contribution in [0.3, 0.4) is 0 Å². The van der Waals surface area contributed by atoms with Crippen LogP contribution in [0.1, 0.15) is 44.9 Å². The molecule has 1 aromatic rings. The van der Waals surface area contributed by atoms with Crippen LogP contribution in [0.25, 0.3) is 0 Å². The van der Waals surface area contributed by atoms with Gasteiger partial charge in [-0.15, -0.1) is 0 Å². The van der Waals surface area contributed by atoms with E-state index in [9.17, 15) is 9.59 Å². The van der Waals surface area contributed by atoms with Crippen LogP contribution in [0, 0.1) is 11.8 Å². The van der Waals surface area contributed by atoms with Gasteiger partial charge in [-0.2, -0.15) is 0 Å². The number of amides is 2. The SMILES string of the molecule is O=C(NCCC1CCCCC1)C1CC(=O)N(c2ccccc2)C1. The number of anilines is 1.